The molecule has 0 amide bonds. The van der Waals surface area contributed by atoms with Gasteiger partial charge in [0, 0.05) is 45.1 Å². The van der Waals surface area contributed by atoms with Crippen molar-refractivity contribution in [3.8, 4) is 17.4 Å². The van der Waals surface area contributed by atoms with E-state index in [2.05, 4.69) is 50.1 Å². The molecule has 2 aromatic carbocycles. The van der Waals surface area contributed by atoms with Crippen LogP contribution in [0, 0.1) is 0 Å². The van der Waals surface area contributed by atoms with Gasteiger partial charge in [-0.05, 0) is 24.1 Å². The van der Waals surface area contributed by atoms with E-state index in [0.29, 0.717) is 19.1 Å². The molecular formula is C25H28N4O3. The highest BCUT2D eigenvalue weighted by Crippen LogP contribution is 2.31. The highest BCUT2D eigenvalue weighted by molar-refractivity contribution is 5.48. The fraction of sp³-hybridized carbons (Fsp3) is 0.360. The molecule has 1 saturated heterocycles. The first-order chi connectivity index (χ1) is 15.8. The van der Waals surface area contributed by atoms with Crippen LogP contribution in [0.2, 0.25) is 0 Å². The van der Waals surface area contributed by atoms with E-state index in [1.165, 1.54) is 5.56 Å². The van der Waals surface area contributed by atoms with E-state index in [0.717, 1.165) is 56.5 Å². The lowest BCUT2D eigenvalue weighted by molar-refractivity contribution is 0.0521. The second-order valence-electron chi connectivity index (χ2n) is 8.06. The Morgan fingerprint density at radius 3 is 2.47 bits per heavy atom. The minimum atomic E-state index is -0.186. The van der Waals surface area contributed by atoms with Crippen LogP contribution >= 0.6 is 0 Å². The standard InChI is InChI=1S/C25H28N4O3/c1-2-6-20(7-3-1)10-13-28-14-16-29(17-15-28)24-25(27-12-11-26-24)31-19-21-18-30-22-8-4-5-9-23(22)32-21/h1-9,11-12,21H,10,13-19H2. The van der Waals surface area contributed by atoms with E-state index >= 15 is 0 Å². The molecule has 5 rings (SSSR count). The molecule has 1 fully saturated rings. The summed E-state index contributed by atoms with van der Waals surface area (Å²) in [5, 5.41) is 0. The zero-order valence-electron chi connectivity index (χ0n) is 18.1. The van der Waals surface area contributed by atoms with Gasteiger partial charge in [-0.25, -0.2) is 9.97 Å². The molecule has 0 N–H and O–H groups in total. The fourth-order valence-corrected chi connectivity index (χ4v) is 4.07. The Kier molecular flexibility index (Phi) is 6.35. The summed E-state index contributed by atoms with van der Waals surface area (Å²) >= 11 is 0. The number of ether oxygens (including phenoxy) is 3. The van der Waals surface area contributed by atoms with Gasteiger partial charge in [-0.2, -0.15) is 0 Å². The smallest absolute Gasteiger partial charge is 0.257 e. The SMILES string of the molecule is c1ccc(CCN2CCN(c3nccnc3OCC3COc4ccccc4O3)CC2)cc1. The molecule has 2 aliphatic heterocycles. The Morgan fingerprint density at radius 2 is 1.62 bits per heavy atom. The lowest BCUT2D eigenvalue weighted by Crippen LogP contribution is -2.47. The summed E-state index contributed by atoms with van der Waals surface area (Å²) in [6.45, 7) is 5.69. The molecule has 7 nitrogen and oxygen atoms in total. The Hall–Kier alpha value is -3.32. The van der Waals surface area contributed by atoms with E-state index in [1.807, 2.05) is 24.3 Å². The molecule has 0 bridgehead atoms. The molecule has 3 heterocycles. The first kappa shape index (κ1) is 20.6. The number of nitrogens with zero attached hydrogens (tertiary/aromatic N) is 4. The second kappa shape index (κ2) is 9.87. The average molecular weight is 433 g/mol. The summed E-state index contributed by atoms with van der Waals surface area (Å²) in [4.78, 5) is 13.8. The van der Waals surface area contributed by atoms with Gasteiger partial charge in [0.1, 0.15) is 13.2 Å². The van der Waals surface area contributed by atoms with E-state index < -0.39 is 0 Å². The number of anilines is 1. The van der Waals surface area contributed by atoms with Crippen molar-refractivity contribution in [3.63, 3.8) is 0 Å². The van der Waals surface area contributed by atoms with Gasteiger partial charge in [-0.1, -0.05) is 42.5 Å². The Labute approximate surface area is 188 Å². The van der Waals surface area contributed by atoms with Crippen molar-refractivity contribution in [1.29, 1.82) is 0 Å². The summed E-state index contributed by atoms with van der Waals surface area (Å²) < 4.78 is 17.8. The third-order valence-corrected chi connectivity index (χ3v) is 5.85. The van der Waals surface area contributed by atoms with Gasteiger partial charge in [-0.15, -0.1) is 0 Å². The van der Waals surface area contributed by atoms with Crippen LogP contribution < -0.4 is 19.1 Å². The van der Waals surface area contributed by atoms with Crippen LogP contribution in [0.15, 0.2) is 67.0 Å². The predicted molar refractivity (Wildman–Crippen MR) is 123 cm³/mol. The quantitative estimate of drug-likeness (QED) is 0.569. The van der Waals surface area contributed by atoms with Crippen molar-refractivity contribution in [3.05, 3.63) is 72.6 Å². The lowest BCUT2D eigenvalue weighted by Gasteiger charge is -2.35. The molecule has 0 saturated carbocycles. The molecule has 1 atom stereocenters. The van der Waals surface area contributed by atoms with Crippen LogP contribution in [0.5, 0.6) is 17.4 Å². The summed E-state index contributed by atoms with van der Waals surface area (Å²) in [5.41, 5.74) is 1.39. The monoisotopic (exact) mass is 432 g/mol. The molecule has 166 valence electrons. The number of piperazine rings is 1. The van der Waals surface area contributed by atoms with Crippen LogP contribution in [0.25, 0.3) is 0 Å². The molecule has 32 heavy (non-hydrogen) atoms. The molecule has 0 aliphatic carbocycles. The van der Waals surface area contributed by atoms with Crippen molar-refractivity contribution in [2.45, 2.75) is 12.5 Å². The Balaban J connectivity index is 1.14. The summed E-state index contributed by atoms with van der Waals surface area (Å²) in [5.74, 6) is 2.87. The molecule has 1 aromatic heterocycles. The van der Waals surface area contributed by atoms with Crippen LogP contribution in [0.3, 0.4) is 0 Å². The van der Waals surface area contributed by atoms with Crippen molar-refractivity contribution >= 4 is 5.82 Å². The molecule has 3 aromatic rings. The minimum absolute atomic E-state index is 0.186. The van der Waals surface area contributed by atoms with Gasteiger partial charge < -0.3 is 19.1 Å². The molecule has 0 radical (unpaired) electrons. The van der Waals surface area contributed by atoms with Crippen LogP contribution in [-0.4, -0.2) is 66.9 Å². The first-order valence-electron chi connectivity index (χ1n) is 11.2. The van der Waals surface area contributed by atoms with Crippen LogP contribution in [0.1, 0.15) is 5.56 Å². The largest absolute Gasteiger partial charge is 0.486 e. The summed E-state index contributed by atoms with van der Waals surface area (Å²) in [7, 11) is 0. The van der Waals surface area contributed by atoms with Crippen molar-refractivity contribution in [2.75, 3.05) is 50.8 Å². The predicted octanol–water partition coefficient (Wildman–Crippen LogP) is 3.06. The first-order valence-corrected chi connectivity index (χ1v) is 11.2. The van der Waals surface area contributed by atoms with Crippen LogP contribution in [-0.2, 0) is 6.42 Å². The lowest BCUT2D eigenvalue weighted by atomic mass is 10.1. The number of hydrogen-bond acceptors (Lipinski definition) is 7. The van der Waals surface area contributed by atoms with Crippen molar-refractivity contribution in [1.82, 2.24) is 14.9 Å². The second-order valence-corrected chi connectivity index (χ2v) is 8.06. The van der Waals surface area contributed by atoms with Gasteiger partial charge >= 0.3 is 0 Å². The maximum Gasteiger partial charge on any atom is 0.257 e. The topological polar surface area (TPSA) is 60.0 Å². The summed E-state index contributed by atoms with van der Waals surface area (Å²) in [6, 6.07) is 18.3. The number of hydrogen-bond donors (Lipinski definition) is 0. The van der Waals surface area contributed by atoms with Gasteiger partial charge in [0.15, 0.2) is 23.4 Å². The van der Waals surface area contributed by atoms with E-state index in [-0.39, 0.29) is 6.10 Å². The normalized spacial score (nSPS) is 18.4. The Morgan fingerprint density at radius 1 is 0.875 bits per heavy atom. The van der Waals surface area contributed by atoms with Gasteiger partial charge in [0.25, 0.3) is 5.88 Å². The molecule has 0 spiro atoms. The Bertz CT molecular complexity index is 1010. The average Bonchev–Trinajstić information content (AvgIpc) is 2.87. The number of rotatable bonds is 7. The third kappa shape index (κ3) is 4.94. The number of fused-ring (bicyclic) bond motifs is 1. The molecular weight excluding hydrogens is 404 g/mol. The van der Waals surface area contributed by atoms with Crippen molar-refractivity contribution < 1.29 is 14.2 Å². The van der Waals surface area contributed by atoms with E-state index in [9.17, 15) is 0 Å². The molecule has 2 aliphatic rings. The van der Waals surface area contributed by atoms with Crippen molar-refractivity contribution in [2.24, 2.45) is 0 Å². The molecule has 7 heteroatoms. The summed E-state index contributed by atoms with van der Waals surface area (Å²) in [6.07, 6.45) is 4.28. The van der Waals surface area contributed by atoms with Crippen LogP contribution in [0.4, 0.5) is 5.82 Å². The maximum absolute atomic E-state index is 6.04. The van der Waals surface area contributed by atoms with E-state index in [4.69, 9.17) is 14.2 Å². The highest BCUT2D eigenvalue weighted by Gasteiger charge is 2.24. The minimum Gasteiger partial charge on any atom is -0.486 e. The number of benzene rings is 2. The third-order valence-electron chi connectivity index (χ3n) is 5.85. The van der Waals surface area contributed by atoms with Gasteiger partial charge in [0.05, 0.1) is 0 Å². The number of para-hydroxylation sites is 2. The van der Waals surface area contributed by atoms with Gasteiger partial charge in [-0.3, -0.25) is 4.90 Å². The van der Waals surface area contributed by atoms with E-state index in [1.54, 1.807) is 12.4 Å². The maximum atomic E-state index is 6.04. The van der Waals surface area contributed by atoms with Gasteiger partial charge in [0.2, 0.25) is 0 Å². The molecule has 1 unspecified atom stereocenters. The number of aromatic nitrogens is 2. The fourth-order valence-electron chi connectivity index (χ4n) is 4.07. The highest BCUT2D eigenvalue weighted by atomic mass is 16.6. The zero-order valence-corrected chi connectivity index (χ0v) is 18.1. The zero-order chi connectivity index (χ0) is 21.6.